The Morgan fingerprint density at radius 1 is 1.06 bits per heavy atom. The third kappa shape index (κ3) is 4.36. The van der Waals surface area contributed by atoms with Crippen molar-refractivity contribution in [1.29, 1.82) is 0 Å². The predicted molar refractivity (Wildman–Crippen MR) is 120 cm³/mol. The normalized spacial score (nSPS) is 23.7. The number of rotatable bonds is 5. The summed E-state index contributed by atoms with van der Waals surface area (Å²) in [6.45, 7) is 3.11. The molecule has 2 aliphatic heterocycles. The van der Waals surface area contributed by atoms with Crippen LogP contribution >= 0.6 is 0 Å². The van der Waals surface area contributed by atoms with E-state index >= 15 is 0 Å². The molecule has 31 heavy (non-hydrogen) atoms. The van der Waals surface area contributed by atoms with E-state index in [0.717, 1.165) is 48.7 Å². The number of carbonyl (C=O) groups excluding carboxylic acids is 1. The van der Waals surface area contributed by atoms with Crippen LogP contribution in [0.25, 0.3) is 11.0 Å². The van der Waals surface area contributed by atoms with Crippen LogP contribution in [0.3, 0.4) is 0 Å². The van der Waals surface area contributed by atoms with Gasteiger partial charge in [0, 0.05) is 29.6 Å². The van der Waals surface area contributed by atoms with Gasteiger partial charge in [0.05, 0.1) is 0 Å². The molecular formula is C25H32N2O4. The fraction of sp³-hybridized carbons (Fsp3) is 0.600. The van der Waals surface area contributed by atoms with Crippen LogP contribution in [0, 0.1) is 5.92 Å². The number of piperidine rings is 2. The molecule has 3 heterocycles. The van der Waals surface area contributed by atoms with Crippen LogP contribution in [0.4, 0.5) is 0 Å². The average molecular weight is 425 g/mol. The van der Waals surface area contributed by atoms with Gasteiger partial charge >= 0.3 is 5.63 Å². The Balaban J connectivity index is 1.19. The van der Waals surface area contributed by atoms with E-state index < -0.39 is 0 Å². The van der Waals surface area contributed by atoms with Crippen molar-refractivity contribution in [2.75, 3.05) is 26.2 Å². The molecule has 6 nitrogen and oxygen atoms in total. The zero-order valence-corrected chi connectivity index (χ0v) is 18.2. The van der Waals surface area contributed by atoms with Gasteiger partial charge in [-0.05, 0) is 88.1 Å². The molecule has 2 aromatic rings. The van der Waals surface area contributed by atoms with E-state index in [1.54, 1.807) is 6.07 Å². The molecule has 0 spiro atoms. The Morgan fingerprint density at radius 2 is 1.90 bits per heavy atom. The van der Waals surface area contributed by atoms with Gasteiger partial charge in [-0.15, -0.1) is 0 Å². The van der Waals surface area contributed by atoms with Crippen LogP contribution in [-0.2, 0) is 17.6 Å². The van der Waals surface area contributed by atoms with Crippen molar-refractivity contribution in [2.45, 2.75) is 63.8 Å². The summed E-state index contributed by atoms with van der Waals surface area (Å²) >= 11 is 0. The molecule has 5 rings (SSSR count). The first-order chi connectivity index (χ1) is 15.2. The van der Waals surface area contributed by atoms with E-state index in [2.05, 4.69) is 10.2 Å². The van der Waals surface area contributed by atoms with Gasteiger partial charge in [-0.1, -0.05) is 6.42 Å². The number of hydrogen-bond acceptors (Lipinski definition) is 5. The van der Waals surface area contributed by atoms with E-state index in [1.807, 2.05) is 12.1 Å². The van der Waals surface area contributed by atoms with Crippen molar-refractivity contribution >= 4 is 16.9 Å². The lowest BCUT2D eigenvalue weighted by Gasteiger charge is -2.44. The largest absolute Gasteiger partial charge is 0.484 e. The SMILES string of the molecule is O=C(COc1ccc2c3c(c(=O)oc2c1)CCCC3)NCC1CCCN2CCCCC12. The maximum atomic E-state index is 12.4. The number of nitrogens with one attached hydrogen (secondary N) is 1. The third-order valence-corrected chi connectivity index (χ3v) is 7.36. The second-order valence-corrected chi connectivity index (χ2v) is 9.31. The van der Waals surface area contributed by atoms with Crippen molar-refractivity contribution in [2.24, 2.45) is 5.92 Å². The number of nitrogens with zero attached hydrogens (tertiary/aromatic N) is 1. The smallest absolute Gasteiger partial charge is 0.339 e. The molecule has 1 aliphatic carbocycles. The number of amides is 1. The van der Waals surface area contributed by atoms with E-state index in [9.17, 15) is 9.59 Å². The Morgan fingerprint density at radius 3 is 2.81 bits per heavy atom. The molecule has 0 saturated carbocycles. The van der Waals surface area contributed by atoms with Crippen molar-refractivity contribution in [3.05, 3.63) is 39.7 Å². The highest BCUT2D eigenvalue weighted by molar-refractivity contribution is 5.83. The molecule has 1 aromatic carbocycles. The lowest BCUT2D eigenvalue weighted by atomic mass is 9.83. The standard InChI is InChI=1S/C25H32N2O4/c28-24(26-15-17-6-5-13-27-12-4-3-9-22(17)27)16-30-18-10-11-20-19-7-1-2-8-21(19)25(29)31-23(20)14-18/h10-11,14,17,22H,1-9,12-13,15-16H2,(H,26,28). The molecule has 1 amide bonds. The van der Waals surface area contributed by atoms with Crippen LogP contribution in [0.2, 0.25) is 0 Å². The summed E-state index contributed by atoms with van der Waals surface area (Å²) in [6, 6.07) is 6.18. The molecule has 166 valence electrons. The van der Waals surface area contributed by atoms with Crippen LogP contribution in [0.5, 0.6) is 5.75 Å². The van der Waals surface area contributed by atoms with Crippen LogP contribution in [0.1, 0.15) is 56.1 Å². The summed E-state index contributed by atoms with van der Waals surface area (Å²) in [5.41, 5.74) is 2.25. The second kappa shape index (κ2) is 9.03. The van der Waals surface area contributed by atoms with Crippen LogP contribution < -0.4 is 15.7 Å². The van der Waals surface area contributed by atoms with Gasteiger partial charge in [0.15, 0.2) is 6.61 Å². The molecular weight excluding hydrogens is 392 g/mol. The molecule has 0 bridgehead atoms. The lowest BCUT2D eigenvalue weighted by molar-refractivity contribution is -0.123. The molecule has 3 aliphatic rings. The summed E-state index contributed by atoms with van der Waals surface area (Å²) < 4.78 is 11.3. The topological polar surface area (TPSA) is 71.8 Å². The summed E-state index contributed by atoms with van der Waals surface area (Å²) in [6.07, 6.45) is 10.1. The number of ether oxygens (including phenoxy) is 1. The summed E-state index contributed by atoms with van der Waals surface area (Å²) in [7, 11) is 0. The molecule has 1 aromatic heterocycles. The predicted octanol–water partition coefficient (Wildman–Crippen LogP) is 3.43. The fourth-order valence-corrected chi connectivity index (χ4v) is 5.78. The summed E-state index contributed by atoms with van der Waals surface area (Å²) in [5.74, 6) is 0.997. The van der Waals surface area contributed by atoms with Gasteiger partial charge in [0.2, 0.25) is 0 Å². The van der Waals surface area contributed by atoms with Crippen LogP contribution in [-0.4, -0.2) is 43.1 Å². The first-order valence-corrected chi connectivity index (χ1v) is 11.9. The lowest BCUT2D eigenvalue weighted by Crippen LogP contribution is -2.51. The molecule has 2 saturated heterocycles. The first kappa shape index (κ1) is 20.6. The highest BCUT2D eigenvalue weighted by atomic mass is 16.5. The van der Waals surface area contributed by atoms with Gasteiger partial charge in [0.1, 0.15) is 11.3 Å². The van der Waals surface area contributed by atoms with Gasteiger partial charge in [0.25, 0.3) is 5.91 Å². The van der Waals surface area contributed by atoms with Gasteiger partial charge < -0.3 is 19.4 Å². The van der Waals surface area contributed by atoms with Gasteiger partial charge in [-0.2, -0.15) is 0 Å². The number of fused-ring (bicyclic) bond motifs is 4. The Kier molecular flexibility index (Phi) is 5.99. The quantitative estimate of drug-likeness (QED) is 0.745. The Bertz CT molecular complexity index is 1010. The van der Waals surface area contributed by atoms with E-state index in [-0.39, 0.29) is 18.1 Å². The zero-order valence-electron chi connectivity index (χ0n) is 18.2. The molecule has 6 heteroatoms. The van der Waals surface area contributed by atoms with Crippen LogP contribution in [0.15, 0.2) is 27.4 Å². The highest BCUT2D eigenvalue weighted by Gasteiger charge is 2.32. The number of benzene rings is 1. The van der Waals surface area contributed by atoms with Crippen molar-refractivity contribution in [1.82, 2.24) is 10.2 Å². The minimum absolute atomic E-state index is 0.0260. The minimum Gasteiger partial charge on any atom is -0.484 e. The molecule has 0 radical (unpaired) electrons. The average Bonchev–Trinajstić information content (AvgIpc) is 2.81. The Labute approximate surface area is 182 Å². The number of aryl methyl sites for hydroxylation is 1. The molecule has 2 fully saturated rings. The second-order valence-electron chi connectivity index (χ2n) is 9.31. The van der Waals surface area contributed by atoms with E-state index in [4.69, 9.17) is 9.15 Å². The summed E-state index contributed by atoms with van der Waals surface area (Å²) in [4.78, 5) is 27.3. The third-order valence-electron chi connectivity index (χ3n) is 7.36. The highest BCUT2D eigenvalue weighted by Crippen LogP contribution is 2.31. The number of carbonyl (C=O) groups is 1. The Hall–Kier alpha value is -2.34. The van der Waals surface area contributed by atoms with Crippen molar-refractivity contribution < 1.29 is 13.9 Å². The minimum atomic E-state index is -0.235. The van der Waals surface area contributed by atoms with Crippen molar-refractivity contribution in [3.8, 4) is 5.75 Å². The van der Waals surface area contributed by atoms with Gasteiger partial charge in [-0.25, -0.2) is 4.79 Å². The molecule has 2 atom stereocenters. The molecule has 1 N–H and O–H groups in total. The summed E-state index contributed by atoms with van der Waals surface area (Å²) in [5, 5.41) is 4.07. The van der Waals surface area contributed by atoms with E-state index in [0.29, 0.717) is 23.3 Å². The maximum absolute atomic E-state index is 12.4. The molecule has 2 unspecified atom stereocenters. The zero-order chi connectivity index (χ0) is 21.2. The monoisotopic (exact) mass is 424 g/mol. The number of hydrogen-bond donors (Lipinski definition) is 1. The van der Waals surface area contributed by atoms with E-state index in [1.165, 1.54) is 45.2 Å². The maximum Gasteiger partial charge on any atom is 0.339 e. The fourth-order valence-electron chi connectivity index (χ4n) is 5.78. The van der Waals surface area contributed by atoms with Crippen molar-refractivity contribution in [3.63, 3.8) is 0 Å². The first-order valence-electron chi connectivity index (χ1n) is 11.9. The van der Waals surface area contributed by atoms with Gasteiger partial charge in [-0.3, -0.25) is 4.79 Å².